The summed E-state index contributed by atoms with van der Waals surface area (Å²) < 4.78 is 10.9. The molecule has 4 nitrogen and oxygen atoms in total. The Morgan fingerprint density at radius 3 is 2.94 bits per heavy atom. The molecular weight excluding hydrogens is 242 g/mol. The van der Waals surface area contributed by atoms with Crippen LogP contribution in [0.5, 0.6) is 11.5 Å². The molecule has 17 heavy (non-hydrogen) atoms. The number of aliphatic hydroxyl groups excluding tert-OH is 1. The molecule has 1 atom stereocenters. The number of hydrogen-bond acceptors (Lipinski definition) is 4. The van der Waals surface area contributed by atoms with Crippen molar-refractivity contribution in [3.05, 3.63) is 22.7 Å². The monoisotopic (exact) mass is 257 g/mol. The van der Waals surface area contributed by atoms with Crippen LogP contribution in [-0.2, 0) is 6.54 Å². The molecule has 0 aliphatic carbocycles. The van der Waals surface area contributed by atoms with Gasteiger partial charge < -0.3 is 19.9 Å². The summed E-state index contributed by atoms with van der Waals surface area (Å²) in [4.78, 5) is 0. The molecule has 0 spiro atoms. The van der Waals surface area contributed by atoms with E-state index in [1.165, 1.54) is 0 Å². The van der Waals surface area contributed by atoms with Crippen molar-refractivity contribution in [2.45, 2.75) is 19.5 Å². The van der Waals surface area contributed by atoms with Gasteiger partial charge in [-0.05, 0) is 24.6 Å². The van der Waals surface area contributed by atoms with Gasteiger partial charge in [0.15, 0.2) is 11.5 Å². The molecule has 1 aromatic rings. The summed E-state index contributed by atoms with van der Waals surface area (Å²) in [6.07, 6.45) is 0. The Morgan fingerprint density at radius 1 is 1.41 bits per heavy atom. The highest BCUT2D eigenvalue weighted by Crippen LogP contribution is 2.38. The van der Waals surface area contributed by atoms with Crippen LogP contribution in [0.25, 0.3) is 0 Å². The second-order valence-electron chi connectivity index (χ2n) is 4.07. The molecule has 94 valence electrons. The molecule has 0 radical (unpaired) electrons. The molecule has 5 heteroatoms. The normalized spacial score (nSPS) is 15.7. The second kappa shape index (κ2) is 5.58. The Labute approximate surface area is 105 Å². The minimum absolute atomic E-state index is 0.0574. The summed E-state index contributed by atoms with van der Waals surface area (Å²) in [5, 5.41) is 12.7. The van der Waals surface area contributed by atoms with Crippen LogP contribution in [0.15, 0.2) is 12.1 Å². The average molecular weight is 258 g/mol. The van der Waals surface area contributed by atoms with Gasteiger partial charge in [-0.25, -0.2) is 0 Å². The molecule has 2 N–H and O–H groups in total. The molecule has 1 aliphatic heterocycles. The number of nitrogens with one attached hydrogen (secondary N) is 1. The smallest absolute Gasteiger partial charge is 0.179 e. The van der Waals surface area contributed by atoms with Gasteiger partial charge in [-0.1, -0.05) is 11.6 Å². The number of hydrogen-bond donors (Lipinski definition) is 2. The Hall–Kier alpha value is -0.970. The van der Waals surface area contributed by atoms with E-state index in [4.69, 9.17) is 26.2 Å². The van der Waals surface area contributed by atoms with E-state index in [1.54, 1.807) is 0 Å². The molecule has 0 aromatic heterocycles. The van der Waals surface area contributed by atoms with Crippen molar-refractivity contribution in [2.24, 2.45) is 0 Å². The maximum atomic E-state index is 8.93. The third kappa shape index (κ3) is 3.03. The summed E-state index contributed by atoms with van der Waals surface area (Å²) in [5.74, 6) is 1.31. The number of aliphatic hydroxyl groups is 1. The van der Waals surface area contributed by atoms with Crippen LogP contribution in [0.4, 0.5) is 0 Å². The van der Waals surface area contributed by atoms with Crippen molar-refractivity contribution in [1.29, 1.82) is 0 Å². The summed E-state index contributed by atoms with van der Waals surface area (Å²) in [6, 6.07) is 3.82. The van der Waals surface area contributed by atoms with E-state index in [0.29, 0.717) is 36.3 Å². The van der Waals surface area contributed by atoms with Gasteiger partial charge in [-0.15, -0.1) is 0 Å². The maximum Gasteiger partial charge on any atom is 0.179 e. The van der Waals surface area contributed by atoms with E-state index in [2.05, 4.69) is 5.32 Å². The van der Waals surface area contributed by atoms with Crippen molar-refractivity contribution in [3.63, 3.8) is 0 Å². The molecule has 0 saturated heterocycles. The average Bonchev–Trinajstić information content (AvgIpc) is 2.36. The van der Waals surface area contributed by atoms with Crippen LogP contribution in [0.3, 0.4) is 0 Å². The number of halogens is 1. The zero-order chi connectivity index (χ0) is 12.3. The lowest BCUT2D eigenvalue weighted by Gasteiger charge is -2.20. The van der Waals surface area contributed by atoms with E-state index < -0.39 is 0 Å². The molecule has 1 unspecified atom stereocenters. The van der Waals surface area contributed by atoms with Crippen LogP contribution in [-0.4, -0.2) is 31.0 Å². The molecule has 0 amide bonds. The molecule has 0 saturated carbocycles. The van der Waals surface area contributed by atoms with Crippen LogP contribution in [0.2, 0.25) is 5.02 Å². The standard InChI is InChI=1S/C12H16ClNO3/c1-8(7-15)14-6-9-4-10(13)12-11(5-9)16-2-3-17-12/h4-5,8,14-15H,2-3,6-7H2,1H3. The predicted molar refractivity (Wildman–Crippen MR) is 65.8 cm³/mol. The lowest BCUT2D eigenvalue weighted by Crippen LogP contribution is -2.28. The van der Waals surface area contributed by atoms with Crippen molar-refractivity contribution in [2.75, 3.05) is 19.8 Å². The van der Waals surface area contributed by atoms with Gasteiger partial charge in [0.2, 0.25) is 0 Å². The molecule has 0 fully saturated rings. The van der Waals surface area contributed by atoms with Crippen LogP contribution < -0.4 is 14.8 Å². The Balaban J connectivity index is 2.11. The SMILES string of the molecule is CC(CO)NCc1cc(Cl)c2c(c1)OCCO2. The first-order valence-corrected chi connectivity index (χ1v) is 6.00. The fourth-order valence-electron chi connectivity index (χ4n) is 1.62. The van der Waals surface area contributed by atoms with Crippen LogP contribution >= 0.6 is 11.6 Å². The van der Waals surface area contributed by atoms with Gasteiger partial charge in [0.05, 0.1) is 11.6 Å². The molecule has 1 heterocycles. The minimum Gasteiger partial charge on any atom is -0.486 e. The van der Waals surface area contributed by atoms with Gasteiger partial charge >= 0.3 is 0 Å². The predicted octanol–water partition coefficient (Wildman–Crippen LogP) is 1.58. The summed E-state index contributed by atoms with van der Waals surface area (Å²) in [6.45, 7) is 3.75. The van der Waals surface area contributed by atoms with Crippen LogP contribution in [0, 0.1) is 0 Å². The summed E-state index contributed by atoms with van der Waals surface area (Å²) in [5.41, 5.74) is 1.01. The fraction of sp³-hybridized carbons (Fsp3) is 0.500. The zero-order valence-electron chi connectivity index (χ0n) is 9.70. The largest absolute Gasteiger partial charge is 0.486 e. The highest BCUT2D eigenvalue weighted by Gasteiger charge is 2.16. The van der Waals surface area contributed by atoms with Gasteiger partial charge in [-0.2, -0.15) is 0 Å². The van der Waals surface area contributed by atoms with Crippen molar-refractivity contribution < 1.29 is 14.6 Å². The lowest BCUT2D eigenvalue weighted by atomic mass is 10.2. The Bertz CT molecular complexity index is 398. The van der Waals surface area contributed by atoms with E-state index >= 15 is 0 Å². The highest BCUT2D eigenvalue weighted by atomic mass is 35.5. The lowest BCUT2D eigenvalue weighted by molar-refractivity contribution is 0.171. The summed E-state index contributed by atoms with van der Waals surface area (Å²) >= 11 is 6.11. The number of fused-ring (bicyclic) bond motifs is 1. The third-order valence-corrected chi connectivity index (χ3v) is 2.87. The highest BCUT2D eigenvalue weighted by molar-refractivity contribution is 6.32. The first-order valence-electron chi connectivity index (χ1n) is 5.63. The van der Waals surface area contributed by atoms with Gasteiger partial charge in [0, 0.05) is 12.6 Å². The van der Waals surface area contributed by atoms with E-state index in [-0.39, 0.29) is 12.6 Å². The minimum atomic E-state index is 0.0574. The first kappa shape index (κ1) is 12.5. The summed E-state index contributed by atoms with van der Waals surface area (Å²) in [7, 11) is 0. The third-order valence-electron chi connectivity index (χ3n) is 2.59. The van der Waals surface area contributed by atoms with Gasteiger partial charge in [0.1, 0.15) is 13.2 Å². The molecule has 1 aliphatic rings. The fourth-order valence-corrected chi connectivity index (χ4v) is 1.91. The molecule has 0 bridgehead atoms. The number of ether oxygens (including phenoxy) is 2. The maximum absolute atomic E-state index is 8.93. The Morgan fingerprint density at radius 2 is 2.18 bits per heavy atom. The first-order chi connectivity index (χ1) is 8.20. The Kier molecular flexibility index (Phi) is 4.10. The molecular formula is C12H16ClNO3. The zero-order valence-corrected chi connectivity index (χ0v) is 10.5. The van der Waals surface area contributed by atoms with Gasteiger partial charge in [-0.3, -0.25) is 0 Å². The van der Waals surface area contributed by atoms with Crippen molar-refractivity contribution in [3.8, 4) is 11.5 Å². The molecule has 1 aromatic carbocycles. The molecule has 2 rings (SSSR count). The van der Waals surface area contributed by atoms with Crippen molar-refractivity contribution in [1.82, 2.24) is 5.32 Å². The van der Waals surface area contributed by atoms with E-state index in [1.807, 2.05) is 19.1 Å². The van der Waals surface area contributed by atoms with Gasteiger partial charge in [0.25, 0.3) is 0 Å². The van der Waals surface area contributed by atoms with E-state index in [0.717, 1.165) is 5.56 Å². The topological polar surface area (TPSA) is 50.7 Å². The van der Waals surface area contributed by atoms with Crippen LogP contribution in [0.1, 0.15) is 12.5 Å². The van der Waals surface area contributed by atoms with E-state index in [9.17, 15) is 0 Å². The number of rotatable bonds is 4. The number of benzene rings is 1. The second-order valence-corrected chi connectivity index (χ2v) is 4.47. The quantitative estimate of drug-likeness (QED) is 0.860. The van der Waals surface area contributed by atoms with Crippen molar-refractivity contribution >= 4 is 11.6 Å².